The monoisotopic (exact) mass is 368 g/mol. The molecule has 0 spiro atoms. The molecule has 4 rings (SSSR count). The normalized spacial score (nSPS) is 12.1. The van der Waals surface area contributed by atoms with E-state index in [-0.39, 0.29) is 6.10 Å². The van der Waals surface area contributed by atoms with Gasteiger partial charge < -0.3 is 4.74 Å². The van der Waals surface area contributed by atoms with Gasteiger partial charge in [0, 0.05) is 17.9 Å². The molecular formula is C25H24N2O. The largest absolute Gasteiger partial charge is 0.367 e. The van der Waals surface area contributed by atoms with Crippen molar-refractivity contribution >= 4 is 0 Å². The van der Waals surface area contributed by atoms with E-state index in [9.17, 15) is 0 Å². The van der Waals surface area contributed by atoms with E-state index in [1.54, 1.807) is 0 Å². The standard InChI is InChI=1S/C25H24N2O/c1-3-28-24(20-12-6-4-7-13-20)23-18-26-25(21-14-10-11-19(2)17-21)27(23)22-15-8-5-9-16-22/h4-18,24H,3H2,1-2H3. The maximum absolute atomic E-state index is 6.19. The van der Waals surface area contributed by atoms with Gasteiger partial charge >= 0.3 is 0 Å². The molecule has 0 aliphatic carbocycles. The van der Waals surface area contributed by atoms with Crippen molar-refractivity contribution < 1.29 is 4.74 Å². The van der Waals surface area contributed by atoms with Crippen LogP contribution in [-0.2, 0) is 4.74 Å². The minimum Gasteiger partial charge on any atom is -0.367 e. The van der Waals surface area contributed by atoms with Crippen molar-refractivity contribution in [3.63, 3.8) is 0 Å². The third-order valence-electron chi connectivity index (χ3n) is 4.78. The molecule has 0 saturated heterocycles. The van der Waals surface area contributed by atoms with Crippen LogP contribution in [0.5, 0.6) is 0 Å². The van der Waals surface area contributed by atoms with Gasteiger partial charge in [-0.2, -0.15) is 0 Å². The molecule has 0 fully saturated rings. The number of aromatic nitrogens is 2. The quantitative estimate of drug-likeness (QED) is 0.419. The maximum Gasteiger partial charge on any atom is 0.144 e. The third kappa shape index (κ3) is 3.62. The van der Waals surface area contributed by atoms with Crippen LogP contribution in [0.3, 0.4) is 0 Å². The Labute approximate surface area is 166 Å². The molecule has 0 bridgehead atoms. The number of rotatable bonds is 6. The molecule has 0 aliphatic rings. The van der Waals surface area contributed by atoms with Crippen molar-refractivity contribution in [1.29, 1.82) is 0 Å². The summed E-state index contributed by atoms with van der Waals surface area (Å²) in [7, 11) is 0. The highest BCUT2D eigenvalue weighted by atomic mass is 16.5. The van der Waals surface area contributed by atoms with Gasteiger partial charge in [-0.25, -0.2) is 4.98 Å². The SMILES string of the molecule is CCOC(c1ccccc1)c1cnc(-c2cccc(C)c2)n1-c1ccccc1. The van der Waals surface area contributed by atoms with Gasteiger partial charge in [0.05, 0.1) is 11.9 Å². The van der Waals surface area contributed by atoms with E-state index < -0.39 is 0 Å². The zero-order valence-electron chi connectivity index (χ0n) is 16.2. The smallest absolute Gasteiger partial charge is 0.144 e. The van der Waals surface area contributed by atoms with E-state index >= 15 is 0 Å². The van der Waals surface area contributed by atoms with Gasteiger partial charge in [0.2, 0.25) is 0 Å². The minimum atomic E-state index is -0.183. The molecule has 1 aromatic heterocycles. The summed E-state index contributed by atoms with van der Waals surface area (Å²) in [5.74, 6) is 0.922. The van der Waals surface area contributed by atoms with Crippen molar-refractivity contribution in [3.05, 3.63) is 108 Å². The molecule has 3 heteroatoms. The molecule has 28 heavy (non-hydrogen) atoms. The average Bonchev–Trinajstić information content (AvgIpc) is 3.18. The van der Waals surface area contributed by atoms with E-state index in [4.69, 9.17) is 9.72 Å². The van der Waals surface area contributed by atoms with Crippen LogP contribution < -0.4 is 0 Å². The summed E-state index contributed by atoms with van der Waals surface area (Å²) in [6, 6.07) is 29.1. The van der Waals surface area contributed by atoms with Crippen molar-refractivity contribution in [2.75, 3.05) is 6.61 Å². The lowest BCUT2D eigenvalue weighted by Crippen LogP contribution is -2.12. The molecule has 1 unspecified atom stereocenters. The number of aryl methyl sites for hydroxylation is 1. The third-order valence-corrected chi connectivity index (χ3v) is 4.78. The molecule has 3 aromatic carbocycles. The number of ether oxygens (including phenoxy) is 1. The first-order valence-electron chi connectivity index (χ1n) is 9.64. The predicted molar refractivity (Wildman–Crippen MR) is 114 cm³/mol. The van der Waals surface area contributed by atoms with Gasteiger partial charge in [0.15, 0.2) is 0 Å². The van der Waals surface area contributed by atoms with Crippen molar-refractivity contribution in [1.82, 2.24) is 9.55 Å². The molecule has 0 aliphatic heterocycles. The van der Waals surface area contributed by atoms with Crippen molar-refractivity contribution in [2.45, 2.75) is 20.0 Å². The Morgan fingerprint density at radius 3 is 2.29 bits per heavy atom. The molecule has 0 saturated carbocycles. The molecule has 0 N–H and O–H groups in total. The molecule has 0 amide bonds. The Kier molecular flexibility index (Phi) is 5.36. The van der Waals surface area contributed by atoms with Gasteiger partial charge in [-0.05, 0) is 37.6 Å². The summed E-state index contributed by atoms with van der Waals surface area (Å²) in [5, 5.41) is 0. The van der Waals surface area contributed by atoms with E-state index in [1.807, 2.05) is 37.4 Å². The van der Waals surface area contributed by atoms with E-state index in [2.05, 4.69) is 72.2 Å². The fourth-order valence-electron chi connectivity index (χ4n) is 3.53. The van der Waals surface area contributed by atoms with Crippen LogP contribution in [0.15, 0.2) is 91.1 Å². The van der Waals surface area contributed by atoms with Crippen LogP contribution in [0.25, 0.3) is 17.1 Å². The molecule has 0 radical (unpaired) electrons. The Hall–Kier alpha value is -3.17. The summed E-state index contributed by atoms with van der Waals surface area (Å²) in [5.41, 5.74) is 5.53. The number of imidazole rings is 1. The van der Waals surface area contributed by atoms with Crippen LogP contribution in [0.4, 0.5) is 0 Å². The first kappa shape index (κ1) is 18.2. The van der Waals surface area contributed by atoms with Gasteiger partial charge in [-0.15, -0.1) is 0 Å². The molecule has 140 valence electrons. The predicted octanol–water partition coefficient (Wildman–Crippen LogP) is 5.97. The summed E-state index contributed by atoms with van der Waals surface area (Å²) in [6.07, 6.45) is 1.76. The summed E-state index contributed by atoms with van der Waals surface area (Å²) < 4.78 is 8.40. The number of nitrogens with zero attached hydrogens (tertiary/aromatic N) is 2. The van der Waals surface area contributed by atoms with Gasteiger partial charge in [-0.1, -0.05) is 72.3 Å². The summed E-state index contributed by atoms with van der Waals surface area (Å²) in [6.45, 7) is 4.76. The Balaban J connectivity index is 1.92. The van der Waals surface area contributed by atoms with Crippen LogP contribution in [-0.4, -0.2) is 16.2 Å². The molecule has 3 nitrogen and oxygen atoms in total. The molecule has 4 aromatic rings. The fraction of sp³-hybridized carbons (Fsp3) is 0.160. The van der Waals surface area contributed by atoms with Gasteiger partial charge in [0.1, 0.15) is 11.9 Å². The van der Waals surface area contributed by atoms with Crippen molar-refractivity contribution in [3.8, 4) is 17.1 Å². The average molecular weight is 368 g/mol. The number of para-hydroxylation sites is 1. The Morgan fingerprint density at radius 1 is 0.893 bits per heavy atom. The zero-order valence-corrected chi connectivity index (χ0v) is 16.2. The number of hydrogen-bond acceptors (Lipinski definition) is 2. The number of hydrogen-bond donors (Lipinski definition) is 0. The van der Waals surface area contributed by atoms with Crippen molar-refractivity contribution in [2.24, 2.45) is 0 Å². The first-order valence-corrected chi connectivity index (χ1v) is 9.64. The molecule has 1 atom stereocenters. The van der Waals surface area contributed by atoms with E-state index in [1.165, 1.54) is 5.56 Å². The highest BCUT2D eigenvalue weighted by Crippen LogP contribution is 2.32. The molecule has 1 heterocycles. The second kappa shape index (κ2) is 8.24. The Bertz CT molecular complexity index is 1040. The lowest BCUT2D eigenvalue weighted by Gasteiger charge is -2.21. The van der Waals surface area contributed by atoms with E-state index in [0.717, 1.165) is 28.3 Å². The summed E-state index contributed by atoms with van der Waals surface area (Å²) in [4.78, 5) is 4.82. The highest BCUT2D eigenvalue weighted by Gasteiger charge is 2.23. The topological polar surface area (TPSA) is 27.1 Å². The number of benzene rings is 3. The molecular weight excluding hydrogens is 344 g/mol. The van der Waals surface area contributed by atoms with Crippen LogP contribution in [0.2, 0.25) is 0 Å². The Morgan fingerprint density at radius 2 is 1.61 bits per heavy atom. The lowest BCUT2D eigenvalue weighted by atomic mass is 10.1. The second-order valence-corrected chi connectivity index (χ2v) is 6.79. The second-order valence-electron chi connectivity index (χ2n) is 6.79. The lowest BCUT2D eigenvalue weighted by molar-refractivity contribution is 0.0873. The van der Waals surface area contributed by atoms with E-state index in [0.29, 0.717) is 6.61 Å². The minimum absolute atomic E-state index is 0.183. The highest BCUT2D eigenvalue weighted by molar-refractivity contribution is 5.61. The maximum atomic E-state index is 6.19. The zero-order chi connectivity index (χ0) is 19.3. The van der Waals surface area contributed by atoms with Crippen LogP contribution in [0, 0.1) is 6.92 Å². The van der Waals surface area contributed by atoms with Crippen LogP contribution >= 0.6 is 0 Å². The van der Waals surface area contributed by atoms with Crippen LogP contribution in [0.1, 0.15) is 29.8 Å². The van der Waals surface area contributed by atoms with Gasteiger partial charge in [0.25, 0.3) is 0 Å². The first-order chi connectivity index (χ1) is 13.8. The summed E-state index contributed by atoms with van der Waals surface area (Å²) >= 11 is 0. The van der Waals surface area contributed by atoms with Gasteiger partial charge in [-0.3, -0.25) is 4.57 Å². The fourth-order valence-corrected chi connectivity index (χ4v) is 3.53.